The molecule has 134 valence electrons. The summed E-state index contributed by atoms with van der Waals surface area (Å²) in [6, 6.07) is 13.3. The van der Waals surface area contributed by atoms with Crippen LogP contribution in [0.4, 0.5) is 10.2 Å². The number of sulfone groups is 1. The molecular formula is C18H16FN3O3S. The third-order valence-corrected chi connectivity index (χ3v) is 4.83. The van der Waals surface area contributed by atoms with Crippen LogP contribution in [0.3, 0.4) is 0 Å². The molecular weight excluding hydrogens is 357 g/mol. The molecule has 0 fully saturated rings. The Morgan fingerprint density at radius 3 is 2.38 bits per heavy atom. The lowest BCUT2D eigenvalue weighted by molar-refractivity contribution is 0.102. The Balaban J connectivity index is 1.90. The monoisotopic (exact) mass is 373 g/mol. The predicted molar refractivity (Wildman–Crippen MR) is 95.8 cm³/mol. The van der Waals surface area contributed by atoms with Crippen LogP contribution in [0.2, 0.25) is 0 Å². The SMILES string of the molecule is Cc1cc(NC(=O)c2ccc(S(C)(=O)=O)cc2)n(-c2ccccc2F)n1. The molecule has 0 saturated heterocycles. The summed E-state index contributed by atoms with van der Waals surface area (Å²) in [7, 11) is -3.34. The summed E-state index contributed by atoms with van der Waals surface area (Å²) in [5.74, 6) is -0.615. The number of carbonyl (C=O) groups is 1. The lowest BCUT2D eigenvalue weighted by Crippen LogP contribution is -2.15. The van der Waals surface area contributed by atoms with E-state index in [1.54, 1.807) is 31.2 Å². The first kappa shape index (κ1) is 17.8. The Morgan fingerprint density at radius 2 is 1.77 bits per heavy atom. The standard InChI is InChI=1S/C18H16FN3O3S/c1-12-11-17(22(21-12)16-6-4-3-5-15(16)19)20-18(23)13-7-9-14(10-8-13)26(2,24)25/h3-11H,1-2H3,(H,20,23). The summed E-state index contributed by atoms with van der Waals surface area (Å²) in [4.78, 5) is 12.6. The number of aryl methyl sites for hydroxylation is 1. The molecule has 0 unspecified atom stereocenters. The van der Waals surface area contributed by atoms with Gasteiger partial charge >= 0.3 is 0 Å². The zero-order valence-electron chi connectivity index (χ0n) is 14.1. The number of anilines is 1. The molecule has 0 bridgehead atoms. The number of rotatable bonds is 4. The van der Waals surface area contributed by atoms with Crippen LogP contribution in [0.15, 0.2) is 59.5 Å². The second-order valence-electron chi connectivity index (χ2n) is 5.78. The zero-order chi connectivity index (χ0) is 18.9. The summed E-state index contributed by atoms with van der Waals surface area (Å²) in [5, 5.41) is 6.89. The maximum atomic E-state index is 14.1. The number of aromatic nitrogens is 2. The molecule has 1 N–H and O–H groups in total. The van der Waals surface area contributed by atoms with E-state index in [0.717, 1.165) is 6.26 Å². The van der Waals surface area contributed by atoms with Crippen molar-refractivity contribution in [2.45, 2.75) is 11.8 Å². The van der Waals surface area contributed by atoms with E-state index in [9.17, 15) is 17.6 Å². The first-order valence-corrected chi connectivity index (χ1v) is 9.58. The number of amides is 1. The van der Waals surface area contributed by atoms with Crippen LogP contribution in [0, 0.1) is 12.7 Å². The highest BCUT2D eigenvalue weighted by molar-refractivity contribution is 7.90. The van der Waals surface area contributed by atoms with Gasteiger partial charge in [0, 0.05) is 17.9 Å². The van der Waals surface area contributed by atoms with Crippen LogP contribution in [0.1, 0.15) is 16.1 Å². The summed E-state index contributed by atoms with van der Waals surface area (Å²) < 4.78 is 38.4. The maximum absolute atomic E-state index is 14.1. The van der Waals surface area contributed by atoms with E-state index in [4.69, 9.17) is 0 Å². The van der Waals surface area contributed by atoms with Crippen LogP contribution in [-0.2, 0) is 9.84 Å². The van der Waals surface area contributed by atoms with Crippen molar-refractivity contribution >= 4 is 21.6 Å². The summed E-state index contributed by atoms with van der Waals surface area (Å²) in [6.07, 6.45) is 1.10. The summed E-state index contributed by atoms with van der Waals surface area (Å²) >= 11 is 0. The molecule has 1 heterocycles. The molecule has 3 rings (SSSR count). The van der Waals surface area contributed by atoms with Gasteiger partial charge in [0.05, 0.1) is 10.6 Å². The van der Waals surface area contributed by atoms with Crippen molar-refractivity contribution in [3.05, 3.63) is 71.7 Å². The van der Waals surface area contributed by atoms with Gasteiger partial charge in [0.1, 0.15) is 17.3 Å². The van der Waals surface area contributed by atoms with Gasteiger partial charge in [-0.2, -0.15) is 5.10 Å². The number of hydrogen-bond donors (Lipinski definition) is 1. The van der Waals surface area contributed by atoms with Crippen LogP contribution in [-0.4, -0.2) is 30.4 Å². The van der Waals surface area contributed by atoms with Gasteiger partial charge in [-0.05, 0) is 43.3 Å². The molecule has 0 aliphatic rings. The number of nitrogens with zero attached hydrogens (tertiary/aromatic N) is 2. The van der Waals surface area contributed by atoms with E-state index in [1.807, 2.05) is 0 Å². The Labute approximate surface area is 150 Å². The Bertz CT molecular complexity index is 1070. The van der Waals surface area contributed by atoms with Crippen molar-refractivity contribution in [2.24, 2.45) is 0 Å². The van der Waals surface area contributed by atoms with Crippen molar-refractivity contribution in [3.8, 4) is 5.69 Å². The molecule has 0 aliphatic carbocycles. The molecule has 1 amide bonds. The quantitative estimate of drug-likeness (QED) is 0.762. The second-order valence-corrected chi connectivity index (χ2v) is 7.80. The first-order valence-electron chi connectivity index (χ1n) is 7.69. The van der Waals surface area contributed by atoms with Gasteiger partial charge in [0.15, 0.2) is 9.84 Å². The second kappa shape index (κ2) is 6.72. The zero-order valence-corrected chi connectivity index (χ0v) is 14.9. The molecule has 8 heteroatoms. The lowest BCUT2D eigenvalue weighted by Gasteiger charge is -2.10. The van der Waals surface area contributed by atoms with Crippen molar-refractivity contribution in [1.82, 2.24) is 9.78 Å². The predicted octanol–water partition coefficient (Wildman–Crippen LogP) is 2.98. The van der Waals surface area contributed by atoms with Crippen LogP contribution < -0.4 is 5.32 Å². The van der Waals surface area contributed by atoms with E-state index in [-0.39, 0.29) is 16.1 Å². The van der Waals surface area contributed by atoms with Crippen LogP contribution in [0.25, 0.3) is 5.69 Å². The van der Waals surface area contributed by atoms with Gasteiger partial charge < -0.3 is 5.32 Å². The van der Waals surface area contributed by atoms with E-state index >= 15 is 0 Å². The number of benzene rings is 2. The van der Waals surface area contributed by atoms with Crippen molar-refractivity contribution in [2.75, 3.05) is 11.6 Å². The first-order chi connectivity index (χ1) is 12.3. The average Bonchev–Trinajstić information content (AvgIpc) is 2.94. The molecule has 0 atom stereocenters. The molecule has 0 radical (unpaired) electrons. The smallest absolute Gasteiger partial charge is 0.256 e. The number of nitrogens with one attached hydrogen (secondary N) is 1. The molecule has 1 aromatic heterocycles. The number of para-hydroxylation sites is 1. The normalized spacial score (nSPS) is 11.3. The van der Waals surface area contributed by atoms with Crippen molar-refractivity contribution in [3.63, 3.8) is 0 Å². The largest absolute Gasteiger partial charge is 0.306 e. The van der Waals surface area contributed by atoms with Crippen LogP contribution in [0.5, 0.6) is 0 Å². The Morgan fingerprint density at radius 1 is 1.12 bits per heavy atom. The molecule has 2 aromatic carbocycles. The maximum Gasteiger partial charge on any atom is 0.256 e. The van der Waals surface area contributed by atoms with Crippen molar-refractivity contribution in [1.29, 1.82) is 0 Å². The van der Waals surface area contributed by atoms with Crippen molar-refractivity contribution < 1.29 is 17.6 Å². The summed E-state index contributed by atoms with van der Waals surface area (Å²) in [6.45, 7) is 1.73. The van der Waals surface area contributed by atoms with E-state index in [1.165, 1.54) is 35.0 Å². The van der Waals surface area contributed by atoms with Gasteiger partial charge in [-0.1, -0.05) is 12.1 Å². The topological polar surface area (TPSA) is 81.1 Å². The minimum Gasteiger partial charge on any atom is -0.306 e. The van der Waals surface area contributed by atoms with Gasteiger partial charge in [0.2, 0.25) is 0 Å². The van der Waals surface area contributed by atoms with Gasteiger partial charge in [-0.3, -0.25) is 4.79 Å². The van der Waals surface area contributed by atoms with Gasteiger partial charge in [-0.25, -0.2) is 17.5 Å². The summed E-state index contributed by atoms with van der Waals surface area (Å²) in [5.41, 5.74) is 1.09. The lowest BCUT2D eigenvalue weighted by atomic mass is 10.2. The third-order valence-electron chi connectivity index (χ3n) is 3.70. The molecule has 0 saturated carbocycles. The molecule has 0 aliphatic heterocycles. The van der Waals surface area contributed by atoms with Gasteiger partial charge in [0.25, 0.3) is 5.91 Å². The highest BCUT2D eigenvalue weighted by Crippen LogP contribution is 2.20. The molecule has 26 heavy (non-hydrogen) atoms. The Kier molecular flexibility index (Phi) is 4.60. The van der Waals surface area contributed by atoms with Gasteiger partial charge in [-0.15, -0.1) is 0 Å². The minimum absolute atomic E-state index is 0.126. The highest BCUT2D eigenvalue weighted by atomic mass is 32.2. The Hall–Kier alpha value is -3.00. The number of hydrogen-bond acceptors (Lipinski definition) is 4. The van der Waals surface area contributed by atoms with E-state index < -0.39 is 21.6 Å². The third kappa shape index (κ3) is 3.65. The van der Waals surface area contributed by atoms with Crippen LogP contribution >= 0.6 is 0 Å². The van der Waals surface area contributed by atoms with E-state index in [2.05, 4.69) is 10.4 Å². The fourth-order valence-electron chi connectivity index (χ4n) is 2.44. The molecule has 3 aromatic rings. The molecule has 0 spiro atoms. The highest BCUT2D eigenvalue weighted by Gasteiger charge is 2.15. The minimum atomic E-state index is -3.34. The fraction of sp³-hybridized carbons (Fsp3) is 0.111. The average molecular weight is 373 g/mol. The van der Waals surface area contributed by atoms with E-state index in [0.29, 0.717) is 11.5 Å². The number of halogens is 1. The number of carbonyl (C=O) groups excluding carboxylic acids is 1. The molecule has 6 nitrogen and oxygen atoms in total. The fourth-order valence-corrected chi connectivity index (χ4v) is 3.07.